The van der Waals surface area contributed by atoms with Gasteiger partial charge in [0.05, 0.1) is 6.04 Å². The van der Waals surface area contributed by atoms with Gasteiger partial charge in [-0.15, -0.1) is 0 Å². The molecule has 0 saturated heterocycles. The molecule has 0 saturated carbocycles. The third-order valence-electron chi connectivity index (χ3n) is 3.45. The third kappa shape index (κ3) is 2.74. The molecule has 0 bridgehead atoms. The monoisotopic (exact) mass is 296 g/mol. The maximum atomic E-state index is 13.1. The molecule has 1 heterocycles. The lowest BCUT2D eigenvalue weighted by Gasteiger charge is -2.25. The van der Waals surface area contributed by atoms with E-state index in [1.54, 1.807) is 36.4 Å². The molecule has 0 spiro atoms. The number of amides is 2. The molecule has 0 aliphatic carbocycles. The molecule has 3 rings (SSSR count). The smallest absolute Gasteiger partial charge is 0.319 e. The molecular formula is C17H13FN2O2. The average Bonchev–Trinajstić information content (AvgIpc) is 2.56. The van der Waals surface area contributed by atoms with Gasteiger partial charge in [-0.2, -0.15) is 0 Å². The first-order chi connectivity index (χ1) is 10.6. The fourth-order valence-corrected chi connectivity index (χ4v) is 2.35. The van der Waals surface area contributed by atoms with Gasteiger partial charge in [0, 0.05) is 17.3 Å². The van der Waals surface area contributed by atoms with Crippen LogP contribution in [0, 0.1) is 5.82 Å². The number of halogens is 1. The Bertz CT molecular complexity index is 739. The second-order valence-electron chi connectivity index (χ2n) is 4.90. The SMILES string of the molecule is O=C1NC=C(C(=O)c2ccccc2)[C@@H](c2ccc(F)cc2)N1. The number of rotatable bonds is 3. The Hall–Kier alpha value is -2.95. The zero-order valence-corrected chi connectivity index (χ0v) is 11.5. The van der Waals surface area contributed by atoms with E-state index in [1.165, 1.54) is 18.3 Å². The molecule has 0 unspecified atom stereocenters. The summed E-state index contributed by atoms with van der Waals surface area (Å²) >= 11 is 0. The van der Waals surface area contributed by atoms with E-state index >= 15 is 0 Å². The summed E-state index contributed by atoms with van der Waals surface area (Å²) in [4.78, 5) is 24.2. The number of Topliss-reactive ketones (excluding diaryl/α,β-unsaturated/α-hetero) is 1. The van der Waals surface area contributed by atoms with E-state index in [-0.39, 0.29) is 11.6 Å². The van der Waals surface area contributed by atoms with E-state index in [0.717, 1.165) is 0 Å². The summed E-state index contributed by atoms with van der Waals surface area (Å²) in [7, 11) is 0. The van der Waals surface area contributed by atoms with Gasteiger partial charge in [-0.25, -0.2) is 9.18 Å². The summed E-state index contributed by atoms with van der Waals surface area (Å²) in [6.45, 7) is 0. The number of carbonyl (C=O) groups excluding carboxylic acids is 2. The van der Waals surface area contributed by atoms with E-state index in [1.807, 2.05) is 6.07 Å². The minimum absolute atomic E-state index is 0.192. The highest BCUT2D eigenvalue weighted by atomic mass is 19.1. The lowest BCUT2D eigenvalue weighted by Crippen LogP contribution is -2.42. The van der Waals surface area contributed by atoms with Crippen molar-refractivity contribution in [3.63, 3.8) is 0 Å². The van der Waals surface area contributed by atoms with E-state index in [4.69, 9.17) is 0 Å². The van der Waals surface area contributed by atoms with Gasteiger partial charge in [-0.3, -0.25) is 4.79 Å². The molecule has 110 valence electrons. The van der Waals surface area contributed by atoms with Crippen molar-refractivity contribution < 1.29 is 14.0 Å². The van der Waals surface area contributed by atoms with Crippen molar-refractivity contribution in [3.05, 3.63) is 83.3 Å². The van der Waals surface area contributed by atoms with Crippen LogP contribution in [0.3, 0.4) is 0 Å². The van der Waals surface area contributed by atoms with E-state index in [9.17, 15) is 14.0 Å². The van der Waals surface area contributed by atoms with Crippen molar-refractivity contribution in [3.8, 4) is 0 Å². The molecule has 22 heavy (non-hydrogen) atoms. The maximum Gasteiger partial charge on any atom is 0.319 e. The third-order valence-corrected chi connectivity index (χ3v) is 3.45. The molecular weight excluding hydrogens is 283 g/mol. The molecule has 0 fully saturated rings. The molecule has 4 nitrogen and oxygen atoms in total. The topological polar surface area (TPSA) is 58.2 Å². The number of ketones is 1. The molecule has 1 aliphatic heterocycles. The molecule has 1 aliphatic rings. The molecule has 0 radical (unpaired) electrons. The zero-order valence-electron chi connectivity index (χ0n) is 11.5. The highest BCUT2D eigenvalue weighted by molar-refractivity contribution is 6.10. The van der Waals surface area contributed by atoms with Crippen LogP contribution >= 0.6 is 0 Å². The Labute approximate surface area is 126 Å². The Morgan fingerprint density at radius 1 is 1.00 bits per heavy atom. The van der Waals surface area contributed by atoms with Gasteiger partial charge in [0.2, 0.25) is 0 Å². The van der Waals surface area contributed by atoms with Crippen molar-refractivity contribution in [1.29, 1.82) is 0 Å². The number of nitrogens with one attached hydrogen (secondary N) is 2. The number of hydrogen-bond donors (Lipinski definition) is 2. The molecule has 1 atom stereocenters. The summed E-state index contributed by atoms with van der Waals surface area (Å²) in [5, 5.41) is 5.18. The van der Waals surface area contributed by atoms with Crippen molar-refractivity contribution >= 4 is 11.8 Å². The summed E-state index contributed by atoms with van der Waals surface area (Å²) in [6, 6.07) is 13.5. The van der Waals surface area contributed by atoms with Crippen LogP contribution in [0.5, 0.6) is 0 Å². The Morgan fingerprint density at radius 2 is 1.68 bits per heavy atom. The lowest BCUT2D eigenvalue weighted by molar-refractivity contribution is 0.102. The summed E-state index contributed by atoms with van der Waals surface area (Å²) in [5.74, 6) is -0.564. The molecule has 2 amide bonds. The van der Waals surface area contributed by atoms with Crippen molar-refractivity contribution in [2.45, 2.75) is 6.04 Å². The summed E-state index contributed by atoms with van der Waals surface area (Å²) in [5.41, 5.74) is 1.57. The van der Waals surface area contributed by atoms with Crippen LogP contribution in [-0.4, -0.2) is 11.8 Å². The van der Waals surface area contributed by atoms with Crippen molar-refractivity contribution in [2.24, 2.45) is 0 Å². The summed E-state index contributed by atoms with van der Waals surface area (Å²) < 4.78 is 13.1. The van der Waals surface area contributed by atoms with E-state index < -0.39 is 12.1 Å². The van der Waals surface area contributed by atoms with Crippen molar-refractivity contribution in [1.82, 2.24) is 10.6 Å². The standard InChI is InChI=1S/C17H13FN2O2/c18-13-8-6-11(7-9-13)15-14(10-19-17(22)20-15)16(21)12-4-2-1-3-5-12/h1-10,15H,(H2,19,20,22)/t15-/m1/s1. The first-order valence-corrected chi connectivity index (χ1v) is 6.77. The number of hydrogen-bond acceptors (Lipinski definition) is 2. The van der Waals surface area contributed by atoms with Crippen LogP contribution in [-0.2, 0) is 0 Å². The van der Waals surface area contributed by atoms with Crippen LogP contribution in [0.2, 0.25) is 0 Å². The number of carbonyl (C=O) groups is 2. The number of benzene rings is 2. The first-order valence-electron chi connectivity index (χ1n) is 6.77. The van der Waals surface area contributed by atoms with Gasteiger partial charge in [0.25, 0.3) is 0 Å². The predicted octanol–water partition coefficient (Wildman–Crippen LogP) is 2.95. The zero-order chi connectivity index (χ0) is 15.5. The highest BCUT2D eigenvalue weighted by Gasteiger charge is 2.28. The fraction of sp³-hybridized carbons (Fsp3) is 0.0588. The minimum atomic E-state index is -0.609. The molecule has 0 aromatic heterocycles. The van der Waals surface area contributed by atoms with Crippen molar-refractivity contribution in [2.75, 3.05) is 0 Å². The van der Waals surface area contributed by atoms with Gasteiger partial charge in [-0.05, 0) is 17.7 Å². The Morgan fingerprint density at radius 3 is 2.36 bits per heavy atom. The van der Waals surface area contributed by atoms with Crippen LogP contribution in [0.15, 0.2) is 66.4 Å². The van der Waals surface area contributed by atoms with Gasteiger partial charge < -0.3 is 10.6 Å². The minimum Gasteiger partial charge on any atom is -0.327 e. The highest BCUT2D eigenvalue weighted by Crippen LogP contribution is 2.26. The molecule has 5 heteroatoms. The largest absolute Gasteiger partial charge is 0.327 e. The van der Waals surface area contributed by atoms with Crippen LogP contribution in [0.25, 0.3) is 0 Å². The Kier molecular flexibility index (Phi) is 3.70. The molecule has 2 N–H and O–H groups in total. The van der Waals surface area contributed by atoms with Gasteiger partial charge in [0.15, 0.2) is 5.78 Å². The summed E-state index contributed by atoms with van der Waals surface area (Å²) in [6.07, 6.45) is 1.40. The Balaban J connectivity index is 1.98. The van der Waals surface area contributed by atoms with Gasteiger partial charge >= 0.3 is 6.03 Å². The van der Waals surface area contributed by atoms with Gasteiger partial charge in [-0.1, -0.05) is 42.5 Å². The van der Waals surface area contributed by atoms with E-state index in [2.05, 4.69) is 10.6 Å². The second kappa shape index (κ2) is 5.81. The van der Waals surface area contributed by atoms with E-state index in [0.29, 0.717) is 16.7 Å². The quantitative estimate of drug-likeness (QED) is 0.856. The normalized spacial score (nSPS) is 17.2. The van der Waals surface area contributed by atoms with Crippen LogP contribution < -0.4 is 10.6 Å². The lowest BCUT2D eigenvalue weighted by atomic mass is 9.92. The second-order valence-corrected chi connectivity index (χ2v) is 4.90. The molecule has 2 aromatic carbocycles. The first kappa shape index (κ1) is 14.0. The van der Waals surface area contributed by atoms with Crippen LogP contribution in [0.4, 0.5) is 9.18 Å². The van der Waals surface area contributed by atoms with Gasteiger partial charge in [0.1, 0.15) is 5.82 Å². The fourth-order valence-electron chi connectivity index (χ4n) is 2.35. The average molecular weight is 296 g/mol. The maximum absolute atomic E-state index is 13.1. The van der Waals surface area contributed by atoms with Crippen LogP contribution in [0.1, 0.15) is 22.0 Å². The predicted molar refractivity (Wildman–Crippen MR) is 79.7 cm³/mol. The molecule has 2 aromatic rings. The number of urea groups is 1.